The van der Waals surface area contributed by atoms with Crippen LogP contribution >= 0.6 is 0 Å². The summed E-state index contributed by atoms with van der Waals surface area (Å²) < 4.78 is 0. The molecule has 6 heteroatoms. The zero-order valence-corrected chi connectivity index (χ0v) is 10.9. The molecule has 1 N–H and O–H groups in total. The zero-order valence-electron chi connectivity index (χ0n) is 10.9. The Bertz CT molecular complexity index is 768. The topological polar surface area (TPSA) is 81.5 Å². The maximum absolute atomic E-state index is 8.65. The first-order chi connectivity index (χ1) is 9.78. The lowest BCUT2D eigenvalue weighted by Crippen LogP contribution is -2.19. The summed E-state index contributed by atoms with van der Waals surface area (Å²) in [5, 5.41) is 8.65. The molecule has 1 aromatic carbocycles. The third-order valence-electron chi connectivity index (χ3n) is 3.04. The summed E-state index contributed by atoms with van der Waals surface area (Å²) in [5.41, 5.74) is 3.86. The van der Waals surface area contributed by atoms with E-state index in [0.29, 0.717) is 5.95 Å². The van der Waals surface area contributed by atoms with Gasteiger partial charge in [0, 0.05) is 25.0 Å². The minimum absolute atomic E-state index is 0.263. The van der Waals surface area contributed by atoms with E-state index in [1.165, 1.54) is 0 Å². The van der Waals surface area contributed by atoms with Crippen LogP contribution in [-0.4, -0.2) is 33.5 Å². The Kier molecular flexibility index (Phi) is 3.01. The highest BCUT2D eigenvalue weighted by atomic mass is 15.2. The van der Waals surface area contributed by atoms with Crippen molar-refractivity contribution >= 4 is 17.0 Å². The molecule has 3 rings (SSSR count). The third kappa shape index (κ3) is 2.17. The van der Waals surface area contributed by atoms with E-state index in [9.17, 15) is 0 Å². The lowest BCUT2D eigenvalue weighted by Gasteiger charge is -2.12. The SMILES string of the molecule is CN(CC#N)c1ncc(-c2ccc3nc[nH]c3c2)cn1. The summed E-state index contributed by atoms with van der Waals surface area (Å²) in [6, 6.07) is 8.02. The molecule has 0 amide bonds. The van der Waals surface area contributed by atoms with Crippen molar-refractivity contribution in [2.24, 2.45) is 0 Å². The number of rotatable bonds is 3. The highest BCUT2D eigenvalue weighted by Gasteiger charge is 2.05. The fraction of sp³-hybridized carbons (Fsp3) is 0.143. The van der Waals surface area contributed by atoms with Crippen molar-refractivity contribution in [2.45, 2.75) is 0 Å². The number of imidazole rings is 1. The van der Waals surface area contributed by atoms with E-state index in [2.05, 4.69) is 26.0 Å². The lowest BCUT2D eigenvalue weighted by molar-refractivity contribution is 0.947. The molecular formula is C14H12N6. The molecule has 0 saturated heterocycles. The molecule has 0 aliphatic carbocycles. The summed E-state index contributed by atoms with van der Waals surface area (Å²) >= 11 is 0. The molecule has 98 valence electrons. The molecule has 0 spiro atoms. The van der Waals surface area contributed by atoms with Gasteiger partial charge in [0.2, 0.25) is 5.95 Å². The van der Waals surface area contributed by atoms with Gasteiger partial charge >= 0.3 is 0 Å². The largest absolute Gasteiger partial charge is 0.345 e. The van der Waals surface area contributed by atoms with Crippen LogP contribution in [0.4, 0.5) is 5.95 Å². The van der Waals surface area contributed by atoms with Crippen molar-refractivity contribution < 1.29 is 0 Å². The van der Waals surface area contributed by atoms with Crippen molar-refractivity contribution in [2.75, 3.05) is 18.5 Å². The molecule has 0 aliphatic heterocycles. The maximum atomic E-state index is 8.65. The van der Waals surface area contributed by atoms with Crippen LogP contribution in [-0.2, 0) is 0 Å². The highest BCUT2D eigenvalue weighted by molar-refractivity contribution is 5.81. The van der Waals surface area contributed by atoms with Crippen molar-refractivity contribution in [3.63, 3.8) is 0 Å². The Morgan fingerprint density at radius 2 is 2.00 bits per heavy atom. The monoisotopic (exact) mass is 264 g/mol. The van der Waals surface area contributed by atoms with E-state index in [4.69, 9.17) is 5.26 Å². The second-order valence-electron chi connectivity index (χ2n) is 4.42. The van der Waals surface area contributed by atoms with E-state index >= 15 is 0 Å². The molecule has 2 heterocycles. The van der Waals surface area contributed by atoms with Gasteiger partial charge in [0.05, 0.1) is 23.4 Å². The lowest BCUT2D eigenvalue weighted by atomic mass is 10.1. The fourth-order valence-electron chi connectivity index (χ4n) is 1.96. The second-order valence-corrected chi connectivity index (χ2v) is 4.42. The van der Waals surface area contributed by atoms with E-state index in [-0.39, 0.29) is 6.54 Å². The second kappa shape index (κ2) is 4.97. The molecule has 6 nitrogen and oxygen atoms in total. The molecule has 0 aliphatic rings. The minimum atomic E-state index is 0.263. The number of hydrogen-bond acceptors (Lipinski definition) is 5. The number of hydrogen-bond donors (Lipinski definition) is 1. The normalized spacial score (nSPS) is 10.4. The number of fused-ring (bicyclic) bond motifs is 1. The Balaban J connectivity index is 1.92. The zero-order chi connectivity index (χ0) is 13.9. The van der Waals surface area contributed by atoms with Crippen LogP contribution in [0.25, 0.3) is 22.2 Å². The number of aromatic nitrogens is 4. The van der Waals surface area contributed by atoms with E-state index in [1.54, 1.807) is 30.7 Å². The molecule has 0 saturated carbocycles. The van der Waals surface area contributed by atoms with E-state index < -0.39 is 0 Å². The predicted octanol–water partition coefficient (Wildman–Crippen LogP) is 1.98. The summed E-state index contributed by atoms with van der Waals surface area (Å²) in [6.45, 7) is 0.263. The number of anilines is 1. The first-order valence-electron chi connectivity index (χ1n) is 6.11. The fourth-order valence-corrected chi connectivity index (χ4v) is 1.96. The number of benzene rings is 1. The van der Waals surface area contributed by atoms with E-state index in [1.807, 2.05) is 18.2 Å². The van der Waals surface area contributed by atoms with Crippen molar-refractivity contribution in [1.82, 2.24) is 19.9 Å². The molecule has 3 aromatic rings. The maximum Gasteiger partial charge on any atom is 0.225 e. The van der Waals surface area contributed by atoms with Crippen LogP contribution in [0.3, 0.4) is 0 Å². The summed E-state index contributed by atoms with van der Waals surface area (Å²) in [4.78, 5) is 17.5. The molecule has 20 heavy (non-hydrogen) atoms. The standard InChI is InChI=1S/C14H12N6/c1-20(5-4-15)14-16-7-11(8-17-14)10-2-3-12-13(6-10)19-9-18-12/h2-3,6-9H,5H2,1H3,(H,18,19). The first-order valence-corrected chi connectivity index (χ1v) is 6.11. The number of nitrogens with one attached hydrogen (secondary N) is 1. The van der Waals surface area contributed by atoms with Gasteiger partial charge in [-0.15, -0.1) is 0 Å². The van der Waals surface area contributed by atoms with Gasteiger partial charge in [-0.1, -0.05) is 6.07 Å². The molecular weight excluding hydrogens is 252 g/mol. The number of nitriles is 1. The summed E-state index contributed by atoms with van der Waals surface area (Å²) in [7, 11) is 1.79. The van der Waals surface area contributed by atoms with Gasteiger partial charge < -0.3 is 9.88 Å². The van der Waals surface area contributed by atoms with Crippen molar-refractivity contribution in [3.8, 4) is 17.2 Å². The van der Waals surface area contributed by atoms with Crippen LogP contribution in [0.2, 0.25) is 0 Å². The minimum Gasteiger partial charge on any atom is -0.345 e. The Morgan fingerprint density at radius 1 is 1.20 bits per heavy atom. The van der Waals surface area contributed by atoms with Gasteiger partial charge in [0.1, 0.15) is 6.54 Å². The summed E-state index contributed by atoms with van der Waals surface area (Å²) in [6.07, 6.45) is 5.19. The molecule has 0 atom stereocenters. The van der Waals surface area contributed by atoms with Crippen LogP contribution in [0.15, 0.2) is 36.9 Å². The number of H-pyrrole nitrogens is 1. The Hall–Kier alpha value is -2.94. The molecule has 0 fully saturated rings. The first kappa shape index (κ1) is 12.1. The molecule has 0 unspecified atom stereocenters. The van der Waals surface area contributed by atoms with Crippen molar-refractivity contribution in [1.29, 1.82) is 5.26 Å². The van der Waals surface area contributed by atoms with Gasteiger partial charge in [0.15, 0.2) is 0 Å². The number of nitrogens with zero attached hydrogens (tertiary/aromatic N) is 5. The van der Waals surface area contributed by atoms with Crippen LogP contribution < -0.4 is 4.90 Å². The number of aromatic amines is 1. The van der Waals surface area contributed by atoms with Gasteiger partial charge in [-0.2, -0.15) is 5.26 Å². The van der Waals surface area contributed by atoms with Crippen molar-refractivity contribution in [3.05, 3.63) is 36.9 Å². The molecule has 2 aromatic heterocycles. The van der Waals surface area contributed by atoms with Gasteiger partial charge in [-0.05, 0) is 17.7 Å². The average Bonchev–Trinajstić information content (AvgIpc) is 2.95. The van der Waals surface area contributed by atoms with Crippen LogP contribution in [0.5, 0.6) is 0 Å². The smallest absolute Gasteiger partial charge is 0.225 e. The average molecular weight is 264 g/mol. The van der Waals surface area contributed by atoms with Gasteiger partial charge in [0.25, 0.3) is 0 Å². The quantitative estimate of drug-likeness (QED) is 0.731. The Labute approximate surface area is 115 Å². The van der Waals surface area contributed by atoms with Crippen LogP contribution in [0, 0.1) is 11.3 Å². The summed E-state index contributed by atoms with van der Waals surface area (Å²) in [5.74, 6) is 0.540. The Morgan fingerprint density at radius 3 is 2.75 bits per heavy atom. The van der Waals surface area contributed by atoms with Gasteiger partial charge in [-0.3, -0.25) is 0 Å². The predicted molar refractivity (Wildman–Crippen MR) is 76.0 cm³/mol. The van der Waals surface area contributed by atoms with Gasteiger partial charge in [-0.25, -0.2) is 15.0 Å². The highest BCUT2D eigenvalue weighted by Crippen LogP contribution is 2.22. The van der Waals surface area contributed by atoms with Crippen LogP contribution in [0.1, 0.15) is 0 Å². The van der Waals surface area contributed by atoms with E-state index in [0.717, 1.165) is 22.2 Å². The molecule has 0 radical (unpaired) electrons. The third-order valence-corrected chi connectivity index (χ3v) is 3.04. The molecule has 0 bridgehead atoms.